The Balaban J connectivity index is 1.69. The van der Waals surface area contributed by atoms with Crippen LogP contribution in [0.4, 0.5) is 0 Å². The van der Waals surface area contributed by atoms with E-state index in [-0.39, 0.29) is 0 Å². The van der Waals surface area contributed by atoms with Crippen LogP contribution in [0.2, 0.25) is 0 Å². The number of nitrogens with zero attached hydrogens (tertiary/aromatic N) is 2. The molecule has 0 bridgehead atoms. The Morgan fingerprint density at radius 1 is 1.56 bits per heavy atom. The van der Waals surface area contributed by atoms with Crippen LogP contribution >= 0.6 is 11.3 Å². The first-order chi connectivity index (χ1) is 8.79. The predicted octanol–water partition coefficient (Wildman–Crippen LogP) is 2.60. The molecule has 1 aliphatic heterocycles. The van der Waals surface area contributed by atoms with Crippen molar-refractivity contribution in [2.45, 2.75) is 44.8 Å². The van der Waals surface area contributed by atoms with Crippen LogP contribution in [-0.2, 0) is 6.54 Å². The molecule has 1 N–H and O–H groups in total. The second-order valence-electron chi connectivity index (χ2n) is 5.03. The Morgan fingerprint density at radius 3 is 2.94 bits per heavy atom. The number of hydrogen-bond acceptors (Lipinski definition) is 4. The van der Waals surface area contributed by atoms with Gasteiger partial charge in [0.25, 0.3) is 0 Å². The van der Waals surface area contributed by atoms with Gasteiger partial charge in [-0.05, 0) is 55.2 Å². The number of nitriles is 1. The van der Waals surface area contributed by atoms with Gasteiger partial charge in [-0.15, -0.1) is 0 Å². The molecule has 3 nitrogen and oxygen atoms in total. The first-order valence-corrected chi connectivity index (χ1v) is 7.59. The zero-order chi connectivity index (χ0) is 12.8. The zero-order valence-electron chi connectivity index (χ0n) is 10.9. The monoisotopic (exact) mass is 263 g/mol. The summed E-state index contributed by atoms with van der Waals surface area (Å²) in [5, 5.41) is 16.7. The van der Waals surface area contributed by atoms with Gasteiger partial charge in [-0.2, -0.15) is 16.6 Å². The molecule has 1 atom stereocenters. The third-order valence-electron chi connectivity index (χ3n) is 3.71. The Morgan fingerprint density at radius 2 is 2.33 bits per heavy atom. The number of likely N-dealkylation sites (tertiary alicyclic amines) is 1. The lowest BCUT2D eigenvalue weighted by Gasteiger charge is -2.35. The fourth-order valence-corrected chi connectivity index (χ4v) is 3.13. The fraction of sp³-hybridized carbons (Fsp3) is 0.643. The van der Waals surface area contributed by atoms with Gasteiger partial charge in [-0.3, -0.25) is 4.90 Å². The van der Waals surface area contributed by atoms with Crippen molar-refractivity contribution in [3.63, 3.8) is 0 Å². The van der Waals surface area contributed by atoms with Crippen molar-refractivity contribution in [3.05, 3.63) is 22.4 Å². The lowest BCUT2D eigenvalue weighted by Crippen LogP contribution is -2.45. The van der Waals surface area contributed by atoms with Crippen molar-refractivity contribution in [2.75, 3.05) is 13.1 Å². The van der Waals surface area contributed by atoms with E-state index in [2.05, 4.69) is 40.0 Å². The summed E-state index contributed by atoms with van der Waals surface area (Å²) >= 11 is 1.76. The zero-order valence-corrected chi connectivity index (χ0v) is 11.7. The number of nitrogens with one attached hydrogen (secondary N) is 1. The van der Waals surface area contributed by atoms with Crippen LogP contribution in [0.15, 0.2) is 16.8 Å². The van der Waals surface area contributed by atoms with Crippen LogP contribution in [0, 0.1) is 11.3 Å². The molecule has 4 heteroatoms. The Kier molecular flexibility index (Phi) is 5.18. The van der Waals surface area contributed by atoms with Crippen molar-refractivity contribution in [3.8, 4) is 6.07 Å². The van der Waals surface area contributed by atoms with Gasteiger partial charge in [0.2, 0.25) is 0 Å². The fourth-order valence-electron chi connectivity index (χ4n) is 2.46. The summed E-state index contributed by atoms with van der Waals surface area (Å²) in [7, 11) is 0. The van der Waals surface area contributed by atoms with E-state index in [4.69, 9.17) is 5.26 Å². The number of hydrogen-bond donors (Lipinski definition) is 1. The summed E-state index contributed by atoms with van der Waals surface area (Å²) in [6, 6.07) is 5.49. The highest BCUT2D eigenvalue weighted by Gasteiger charge is 2.21. The summed E-state index contributed by atoms with van der Waals surface area (Å²) in [6.07, 6.45) is 3.03. The highest BCUT2D eigenvalue weighted by molar-refractivity contribution is 7.07. The molecule has 0 aromatic carbocycles. The van der Waals surface area contributed by atoms with Crippen LogP contribution in [-0.4, -0.2) is 30.1 Å². The summed E-state index contributed by atoms with van der Waals surface area (Å²) in [5.74, 6) is 0. The highest BCUT2D eigenvalue weighted by atomic mass is 32.1. The number of rotatable bonds is 5. The van der Waals surface area contributed by atoms with Crippen molar-refractivity contribution in [1.29, 1.82) is 5.26 Å². The van der Waals surface area contributed by atoms with Gasteiger partial charge in [0.15, 0.2) is 0 Å². The topological polar surface area (TPSA) is 39.1 Å². The number of piperidine rings is 1. The quantitative estimate of drug-likeness (QED) is 0.887. The normalized spacial score (nSPS) is 19.6. The maximum Gasteiger partial charge on any atom is 0.0638 e. The molecular formula is C14H21N3S. The molecular weight excluding hydrogens is 242 g/mol. The SMILES string of the molecule is CC(CC#N)N1CCC(NCc2ccsc2)CC1. The van der Waals surface area contributed by atoms with Crippen LogP contribution in [0.1, 0.15) is 31.7 Å². The van der Waals surface area contributed by atoms with Crippen LogP contribution < -0.4 is 5.32 Å². The third-order valence-corrected chi connectivity index (χ3v) is 4.45. The van der Waals surface area contributed by atoms with E-state index in [1.165, 1.54) is 18.4 Å². The van der Waals surface area contributed by atoms with Gasteiger partial charge in [-0.1, -0.05) is 0 Å². The second kappa shape index (κ2) is 6.89. The minimum Gasteiger partial charge on any atom is -0.310 e. The van der Waals surface area contributed by atoms with Gasteiger partial charge < -0.3 is 5.32 Å². The molecule has 1 saturated heterocycles. The molecule has 1 aromatic rings. The van der Waals surface area contributed by atoms with Gasteiger partial charge in [0.1, 0.15) is 0 Å². The average molecular weight is 263 g/mol. The van der Waals surface area contributed by atoms with Gasteiger partial charge in [-0.25, -0.2) is 0 Å². The highest BCUT2D eigenvalue weighted by Crippen LogP contribution is 2.15. The van der Waals surface area contributed by atoms with Gasteiger partial charge in [0, 0.05) is 18.6 Å². The summed E-state index contributed by atoms with van der Waals surface area (Å²) in [6.45, 7) is 5.37. The first-order valence-electron chi connectivity index (χ1n) is 6.65. The Labute approximate surface area is 113 Å². The summed E-state index contributed by atoms with van der Waals surface area (Å²) in [4.78, 5) is 2.44. The molecule has 98 valence electrons. The molecule has 2 heterocycles. The molecule has 1 unspecified atom stereocenters. The standard InChI is InChI=1S/C14H21N3S/c1-12(2-6-15)17-7-3-14(4-8-17)16-10-13-5-9-18-11-13/h5,9,11-12,14,16H,2-4,7-8,10H2,1H3. The molecule has 2 rings (SSSR count). The largest absolute Gasteiger partial charge is 0.310 e. The van der Waals surface area contributed by atoms with Crippen LogP contribution in [0.5, 0.6) is 0 Å². The molecule has 0 spiro atoms. The molecule has 0 saturated carbocycles. The maximum absolute atomic E-state index is 8.72. The van der Waals surface area contributed by atoms with Crippen molar-refractivity contribution in [1.82, 2.24) is 10.2 Å². The summed E-state index contributed by atoms with van der Waals surface area (Å²) in [5.41, 5.74) is 1.39. The van der Waals surface area contributed by atoms with Crippen molar-refractivity contribution < 1.29 is 0 Å². The molecule has 0 aliphatic carbocycles. The van der Waals surface area contributed by atoms with Gasteiger partial charge >= 0.3 is 0 Å². The van der Waals surface area contributed by atoms with E-state index in [0.717, 1.165) is 19.6 Å². The molecule has 0 amide bonds. The molecule has 18 heavy (non-hydrogen) atoms. The van der Waals surface area contributed by atoms with Crippen molar-refractivity contribution >= 4 is 11.3 Å². The van der Waals surface area contributed by atoms with Crippen LogP contribution in [0.3, 0.4) is 0 Å². The third kappa shape index (κ3) is 3.81. The van der Waals surface area contributed by atoms with Crippen LogP contribution in [0.25, 0.3) is 0 Å². The Hall–Kier alpha value is -0.890. The van der Waals surface area contributed by atoms with E-state index < -0.39 is 0 Å². The van der Waals surface area contributed by atoms with E-state index in [1.54, 1.807) is 11.3 Å². The van der Waals surface area contributed by atoms with E-state index in [0.29, 0.717) is 18.5 Å². The first kappa shape index (κ1) is 13.5. The van der Waals surface area contributed by atoms with E-state index in [9.17, 15) is 0 Å². The molecule has 1 aliphatic rings. The van der Waals surface area contributed by atoms with E-state index >= 15 is 0 Å². The lowest BCUT2D eigenvalue weighted by atomic mass is 10.0. The smallest absolute Gasteiger partial charge is 0.0638 e. The van der Waals surface area contributed by atoms with Crippen molar-refractivity contribution in [2.24, 2.45) is 0 Å². The van der Waals surface area contributed by atoms with E-state index in [1.807, 2.05) is 0 Å². The Bertz CT molecular complexity index is 374. The average Bonchev–Trinajstić information content (AvgIpc) is 2.90. The molecule has 1 aromatic heterocycles. The van der Waals surface area contributed by atoms with Gasteiger partial charge in [0.05, 0.1) is 12.5 Å². The number of thiophene rings is 1. The molecule has 1 fully saturated rings. The maximum atomic E-state index is 8.72. The molecule has 0 radical (unpaired) electrons. The second-order valence-corrected chi connectivity index (χ2v) is 5.81. The lowest BCUT2D eigenvalue weighted by molar-refractivity contribution is 0.153. The predicted molar refractivity (Wildman–Crippen MR) is 75.4 cm³/mol. The minimum atomic E-state index is 0.410. The summed E-state index contributed by atoms with van der Waals surface area (Å²) < 4.78 is 0. The minimum absolute atomic E-state index is 0.410.